The van der Waals surface area contributed by atoms with E-state index in [1.165, 1.54) is 0 Å². The molecule has 1 rings (SSSR count). The molecule has 2 amide bonds. The summed E-state index contributed by atoms with van der Waals surface area (Å²) in [5.41, 5.74) is 6.51. The van der Waals surface area contributed by atoms with Crippen molar-refractivity contribution in [2.45, 2.75) is 6.92 Å². The van der Waals surface area contributed by atoms with Gasteiger partial charge in [-0.25, -0.2) is 0 Å². The number of carbonyl (C=O) groups excluding carboxylic acids is 2. The lowest BCUT2D eigenvalue weighted by Gasteiger charge is -2.09. The molecule has 1 aromatic rings. The second kappa shape index (κ2) is 6.22. The Balaban J connectivity index is 2.56. The molecule has 0 heterocycles. The molecule has 0 fully saturated rings. The summed E-state index contributed by atoms with van der Waals surface area (Å²) in [7, 11) is 0. The summed E-state index contributed by atoms with van der Waals surface area (Å²) in [6.07, 6.45) is 0. The Kier molecular flexibility index (Phi) is 4.93. The van der Waals surface area contributed by atoms with Gasteiger partial charge in [-0.3, -0.25) is 9.59 Å². The van der Waals surface area contributed by atoms with E-state index in [0.29, 0.717) is 10.7 Å². The highest BCUT2D eigenvalue weighted by Gasteiger charge is 2.07. The van der Waals surface area contributed by atoms with Crippen molar-refractivity contribution in [1.29, 1.82) is 0 Å². The zero-order valence-electron chi connectivity index (χ0n) is 9.42. The van der Waals surface area contributed by atoms with Gasteiger partial charge in [0.2, 0.25) is 11.8 Å². The average Bonchev–Trinajstić information content (AvgIpc) is 2.32. The highest BCUT2D eigenvalue weighted by Crippen LogP contribution is 2.22. The molecule has 0 aliphatic heterocycles. The molecule has 0 aromatic heterocycles. The van der Waals surface area contributed by atoms with E-state index in [0.717, 1.165) is 5.56 Å². The Bertz CT molecular complexity index is 435. The van der Waals surface area contributed by atoms with Crippen LogP contribution in [0.3, 0.4) is 0 Å². The first-order valence-electron chi connectivity index (χ1n) is 5.06. The van der Waals surface area contributed by atoms with Gasteiger partial charge in [-0.05, 0) is 24.6 Å². The van der Waals surface area contributed by atoms with Crippen LogP contribution in [-0.4, -0.2) is 24.9 Å². The number of halogens is 1. The standard InChI is InChI=1S/C11H14ClN3O2/c1-7-8(12)3-2-4-9(7)15-11(17)6-14-10(16)5-13/h2-4H,5-6,13H2,1H3,(H,14,16)(H,15,17). The van der Waals surface area contributed by atoms with Crippen LogP contribution in [0, 0.1) is 6.92 Å². The maximum Gasteiger partial charge on any atom is 0.243 e. The number of carbonyl (C=O) groups is 2. The fraction of sp³-hybridized carbons (Fsp3) is 0.273. The Morgan fingerprint density at radius 1 is 1.35 bits per heavy atom. The molecule has 6 heteroatoms. The molecular formula is C11H14ClN3O2. The van der Waals surface area contributed by atoms with Crippen molar-refractivity contribution in [3.63, 3.8) is 0 Å². The third-order valence-corrected chi connectivity index (χ3v) is 2.58. The average molecular weight is 256 g/mol. The highest BCUT2D eigenvalue weighted by molar-refractivity contribution is 6.31. The normalized spacial score (nSPS) is 9.82. The lowest BCUT2D eigenvalue weighted by molar-refractivity contribution is -0.123. The maximum atomic E-state index is 11.5. The lowest BCUT2D eigenvalue weighted by Crippen LogP contribution is -2.36. The number of rotatable bonds is 4. The Labute approximate surface area is 104 Å². The van der Waals surface area contributed by atoms with Crippen molar-refractivity contribution in [3.05, 3.63) is 28.8 Å². The van der Waals surface area contributed by atoms with E-state index >= 15 is 0 Å². The molecular weight excluding hydrogens is 242 g/mol. The van der Waals surface area contributed by atoms with Crippen LogP contribution in [0.15, 0.2) is 18.2 Å². The summed E-state index contributed by atoms with van der Waals surface area (Å²) in [4.78, 5) is 22.3. The van der Waals surface area contributed by atoms with E-state index in [1.54, 1.807) is 25.1 Å². The predicted octanol–water partition coefficient (Wildman–Crippen LogP) is 0.662. The van der Waals surface area contributed by atoms with E-state index in [2.05, 4.69) is 10.6 Å². The van der Waals surface area contributed by atoms with Gasteiger partial charge in [0.15, 0.2) is 0 Å². The van der Waals surface area contributed by atoms with Gasteiger partial charge >= 0.3 is 0 Å². The van der Waals surface area contributed by atoms with Crippen molar-refractivity contribution in [1.82, 2.24) is 5.32 Å². The Morgan fingerprint density at radius 3 is 2.71 bits per heavy atom. The van der Waals surface area contributed by atoms with Crippen LogP contribution in [0.5, 0.6) is 0 Å². The molecule has 0 bridgehead atoms. The van der Waals surface area contributed by atoms with Gasteiger partial charge in [0.25, 0.3) is 0 Å². The van der Waals surface area contributed by atoms with E-state index in [9.17, 15) is 9.59 Å². The summed E-state index contributed by atoms with van der Waals surface area (Å²) >= 11 is 5.91. The lowest BCUT2D eigenvalue weighted by atomic mass is 10.2. The monoisotopic (exact) mass is 255 g/mol. The zero-order chi connectivity index (χ0) is 12.8. The van der Waals surface area contributed by atoms with Crippen LogP contribution >= 0.6 is 11.6 Å². The summed E-state index contributed by atoms with van der Waals surface area (Å²) in [6, 6.07) is 5.22. The summed E-state index contributed by atoms with van der Waals surface area (Å²) < 4.78 is 0. The minimum atomic E-state index is -0.372. The molecule has 4 N–H and O–H groups in total. The smallest absolute Gasteiger partial charge is 0.243 e. The van der Waals surface area contributed by atoms with Crippen LogP contribution in [0.4, 0.5) is 5.69 Å². The number of nitrogens with one attached hydrogen (secondary N) is 2. The first-order valence-corrected chi connectivity index (χ1v) is 5.44. The van der Waals surface area contributed by atoms with E-state index in [-0.39, 0.29) is 24.9 Å². The third kappa shape index (κ3) is 4.05. The van der Waals surface area contributed by atoms with Crippen molar-refractivity contribution >= 4 is 29.1 Å². The molecule has 5 nitrogen and oxygen atoms in total. The number of nitrogens with two attached hydrogens (primary N) is 1. The van der Waals surface area contributed by atoms with E-state index in [4.69, 9.17) is 17.3 Å². The maximum absolute atomic E-state index is 11.5. The van der Waals surface area contributed by atoms with Crippen LogP contribution in [0.2, 0.25) is 5.02 Å². The first-order chi connectivity index (χ1) is 8.04. The molecule has 92 valence electrons. The second-order valence-electron chi connectivity index (χ2n) is 3.44. The number of hydrogen-bond donors (Lipinski definition) is 3. The second-order valence-corrected chi connectivity index (χ2v) is 3.85. The topological polar surface area (TPSA) is 84.2 Å². The Morgan fingerprint density at radius 2 is 2.06 bits per heavy atom. The number of benzene rings is 1. The molecule has 1 aromatic carbocycles. The van der Waals surface area contributed by atoms with E-state index < -0.39 is 0 Å². The molecule has 17 heavy (non-hydrogen) atoms. The molecule has 0 radical (unpaired) electrons. The fourth-order valence-electron chi connectivity index (χ4n) is 1.19. The number of anilines is 1. The third-order valence-electron chi connectivity index (χ3n) is 2.17. The van der Waals surface area contributed by atoms with Crippen molar-refractivity contribution in [2.24, 2.45) is 5.73 Å². The summed E-state index contributed by atoms with van der Waals surface area (Å²) in [6.45, 7) is 1.56. The molecule has 0 saturated heterocycles. The molecule has 0 spiro atoms. The van der Waals surface area contributed by atoms with Crippen LogP contribution in [-0.2, 0) is 9.59 Å². The predicted molar refractivity (Wildman–Crippen MR) is 66.9 cm³/mol. The van der Waals surface area contributed by atoms with Crippen molar-refractivity contribution in [2.75, 3.05) is 18.4 Å². The van der Waals surface area contributed by atoms with Crippen LogP contribution in [0.25, 0.3) is 0 Å². The van der Waals surface area contributed by atoms with Crippen LogP contribution in [0.1, 0.15) is 5.56 Å². The Hall–Kier alpha value is -1.59. The molecule has 0 saturated carbocycles. The van der Waals surface area contributed by atoms with Crippen LogP contribution < -0.4 is 16.4 Å². The molecule has 0 aliphatic rings. The van der Waals surface area contributed by atoms with Gasteiger partial charge in [0.05, 0.1) is 13.1 Å². The quantitative estimate of drug-likeness (QED) is 0.739. The van der Waals surface area contributed by atoms with Gasteiger partial charge in [-0.15, -0.1) is 0 Å². The SMILES string of the molecule is Cc1c(Cl)cccc1NC(=O)CNC(=O)CN. The molecule has 0 atom stereocenters. The number of amides is 2. The van der Waals surface area contributed by atoms with Crippen molar-refractivity contribution in [3.8, 4) is 0 Å². The van der Waals surface area contributed by atoms with E-state index in [1.807, 2.05) is 0 Å². The molecule has 0 aliphatic carbocycles. The summed E-state index contributed by atoms with van der Waals surface area (Å²) in [5.74, 6) is -0.694. The molecule has 0 unspecified atom stereocenters. The zero-order valence-corrected chi connectivity index (χ0v) is 10.2. The van der Waals surface area contributed by atoms with Gasteiger partial charge < -0.3 is 16.4 Å². The van der Waals surface area contributed by atoms with Gasteiger partial charge in [0.1, 0.15) is 0 Å². The minimum Gasteiger partial charge on any atom is -0.346 e. The van der Waals surface area contributed by atoms with Gasteiger partial charge in [-0.1, -0.05) is 17.7 Å². The van der Waals surface area contributed by atoms with Crippen molar-refractivity contribution < 1.29 is 9.59 Å². The number of hydrogen-bond acceptors (Lipinski definition) is 3. The first kappa shape index (κ1) is 13.5. The van der Waals surface area contributed by atoms with Gasteiger partial charge in [-0.2, -0.15) is 0 Å². The largest absolute Gasteiger partial charge is 0.346 e. The van der Waals surface area contributed by atoms with Gasteiger partial charge in [0, 0.05) is 10.7 Å². The summed E-state index contributed by atoms with van der Waals surface area (Å²) in [5, 5.41) is 5.61. The fourth-order valence-corrected chi connectivity index (χ4v) is 1.36. The highest BCUT2D eigenvalue weighted by atomic mass is 35.5. The minimum absolute atomic E-state index is 0.109.